The molecule has 0 radical (unpaired) electrons. The molecule has 3 rings (SSSR count). The fourth-order valence-electron chi connectivity index (χ4n) is 2.77. The van der Waals surface area contributed by atoms with Gasteiger partial charge in [0.1, 0.15) is 0 Å². The normalized spacial score (nSPS) is 20.0. The SMILES string of the molecule is Cc1cc(S(=O)(=O)N2CCCC2c2ccsc2)ccc1N. The summed E-state index contributed by atoms with van der Waals surface area (Å²) in [7, 11) is -3.47. The van der Waals surface area contributed by atoms with Gasteiger partial charge in [0.25, 0.3) is 0 Å². The highest BCUT2D eigenvalue weighted by Crippen LogP contribution is 2.37. The molecule has 1 saturated heterocycles. The van der Waals surface area contributed by atoms with E-state index in [0.29, 0.717) is 17.1 Å². The summed E-state index contributed by atoms with van der Waals surface area (Å²) < 4.78 is 27.4. The first-order valence-electron chi connectivity index (χ1n) is 6.90. The fourth-order valence-corrected chi connectivity index (χ4v) is 5.24. The Morgan fingerprint density at radius 1 is 1.33 bits per heavy atom. The third-order valence-electron chi connectivity index (χ3n) is 3.98. The zero-order chi connectivity index (χ0) is 15.0. The number of sulfonamides is 1. The molecule has 21 heavy (non-hydrogen) atoms. The predicted octanol–water partition coefficient (Wildman–Crippen LogP) is 3.16. The van der Waals surface area contributed by atoms with Crippen molar-refractivity contribution in [3.8, 4) is 0 Å². The van der Waals surface area contributed by atoms with Crippen molar-refractivity contribution in [2.75, 3.05) is 12.3 Å². The van der Waals surface area contributed by atoms with E-state index in [0.717, 1.165) is 24.0 Å². The minimum absolute atomic E-state index is 0.0425. The standard InChI is InChI=1S/C15H18N2O2S2/c1-11-9-13(4-5-14(11)16)21(18,19)17-7-2-3-15(17)12-6-8-20-10-12/h4-6,8-10,15H,2-3,7,16H2,1H3. The second-order valence-electron chi connectivity index (χ2n) is 5.35. The highest BCUT2D eigenvalue weighted by molar-refractivity contribution is 7.89. The Morgan fingerprint density at radius 2 is 2.14 bits per heavy atom. The van der Waals surface area contributed by atoms with Crippen LogP contribution in [0, 0.1) is 6.92 Å². The third kappa shape index (κ3) is 2.59. The lowest BCUT2D eigenvalue weighted by Gasteiger charge is -2.24. The van der Waals surface area contributed by atoms with Gasteiger partial charge >= 0.3 is 0 Å². The zero-order valence-corrected chi connectivity index (χ0v) is 13.5. The van der Waals surface area contributed by atoms with Gasteiger partial charge in [-0.25, -0.2) is 8.42 Å². The van der Waals surface area contributed by atoms with Crippen molar-refractivity contribution in [3.05, 3.63) is 46.2 Å². The largest absolute Gasteiger partial charge is 0.399 e. The molecular weight excluding hydrogens is 304 g/mol. The number of benzene rings is 1. The van der Waals surface area contributed by atoms with E-state index in [2.05, 4.69) is 0 Å². The first-order chi connectivity index (χ1) is 10.00. The van der Waals surface area contributed by atoms with Crippen LogP contribution in [0.25, 0.3) is 0 Å². The van der Waals surface area contributed by atoms with Crippen LogP contribution in [0.2, 0.25) is 0 Å². The van der Waals surface area contributed by atoms with Gasteiger partial charge in [-0.1, -0.05) is 0 Å². The van der Waals surface area contributed by atoms with Crippen molar-refractivity contribution in [3.63, 3.8) is 0 Å². The Balaban J connectivity index is 1.99. The van der Waals surface area contributed by atoms with Crippen LogP contribution < -0.4 is 5.73 Å². The summed E-state index contributed by atoms with van der Waals surface area (Å²) in [5.74, 6) is 0. The molecule has 1 fully saturated rings. The van der Waals surface area contributed by atoms with Crippen molar-refractivity contribution in [1.82, 2.24) is 4.31 Å². The molecule has 0 bridgehead atoms. The van der Waals surface area contributed by atoms with Gasteiger partial charge in [-0.05, 0) is 65.9 Å². The van der Waals surface area contributed by atoms with Crippen LogP contribution in [-0.2, 0) is 10.0 Å². The molecule has 6 heteroatoms. The molecule has 0 aliphatic carbocycles. The van der Waals surface area contributed by atoms with Crippen LogP contribution in [0.4, 0.5) is 5.69 Å². The summed E-state index contributed by atoms with van der Waals surface area (Å²) in [6, 6.07) is 6.89. The van der Waals surface area contributed by atoms with E-state index in [1.165, 1.54) is 0 Å². The number of hydrogen-bond acceptors (Lipinski definition) is 4. The molecule has 1 atom stereocenters. The molecule has 1 aromatic heterocycles. The fraction of sp³-hybridized carbons (Fsp3) is 0.333. The van der Waals surface area contributed by atoms with Crippen molar-refractivity contribution < 1.29 is 8.42 Å². The van der Waals surface area contributed by atoms with Gasteiger partial charge in [-0.3, -0.25) is 0 Å². The molecule has 2 N–H and O–H groups in total. The molecule has 1 aliphatic rings. The number of aryl methyl sites for hydroxylation is 1. The van der Waals surface area contributed by atoms with Crippen molar-refractivity contribution in [2.24, 2.45) is 0 Å². The van der Waals surface area contributed by atoms with Crippen molar-refractivity contribution in [2.45, 2.75) is 30.7 Å². The second-order valence-corrected chi connectivity index (χ2v) is 8.02. The van der Waals surface area contributed by atoms with Gasteiger partial charge in [0.15, 0.2) is 0 Å². The lowest BCUT2D eigenvalue weighted by atomic mass is 10.1. The topological polar surface area (TPSA) is 63.4 Å². The first kappa shape index (κ1) is 14.6. The van der Waals surface area contributed by atoms with E-state index >= 15 is 0 Å². The number of nitrogens with two attached hydrogens (primary N) is 1. The Morgan fingerprint density at radius 3 is 2.81 bits per heavy atom. The van der Waals surface area contributed by atoms with Crippen LogP contribution in [-0.4, -0.2) is 19.3 Å². The summed E-state index contributed by atoms with van der Waals surface area (Å²) in [5, 5.41) is 4.03. The summed E-state index contributed by atoms with van der Waals surface area (Å²) >= 11 is 1.60. The number of nitrogen functional groups attached to an aromatic ring is 1. The van der Waals surface area contributed by atoms with Gasteiger partial charge in [0.2, 0.25) is 10.0 Å². The maximum absolute atomic E-state index is 12.9. The van der Waals surface area contributed by atoms with Gasteiger partial charge in [0.05, 0.1) is 10.9 Å². The maximum atomic E-state index is 12.9. The van der Waals surface area contributed by atoms with E-state index in [1.807, 2.05) is 23.8 Å². The maximum Gasteiger partial charge on any atom is 0.243 e. The highest BCUT2D eigenvalue weighted by atomic mass is 32.2. The monoisotopic (exact) mass is 322 g/mol. The number of nitrogens with zero attached hydrogens (tertiary/aromatic N) is 1. The van der Waals surface area contributed by atoms with Crippen LogP contribution >= 0.6 is 11.3 Å². The molecular formula is C15H18N2O2S2. The Hall–Kier alpha value is -1.37. The average Bonchev–Trinajstić information content (AvgIpc) is 3.11. The van der Waals surface area contributed by atoms with Crippen LogP contribution in [0.5, 0.6) is 0 Å². The molecule has 1 unspecified atom stereocenters. The third-order valence-corrected chi connectivity index (χ3v) is 6.59. The van der Waals surface area contributed by atoms with Crippen molar-refractivity contribution >= 4 is 27.0 Å². The molecule has 1 aromatic carbocycles. The molecule has 1 aliphatic heterocycles. The van der Waals surface area contributed by atoms with E-state index < -0.39 is 10.0 Å². The Labute approximate surface area is 129 Å². The summed E-state index contributed by atoms with van der Waals surface area (Å²) in [4.78, 5) is 0.330. The van der Waals surface area contributed by atoms with Gasteiger partial charge < -0.3 is 5.73 Å². The molecule has 0 saturated carbocycles. The Kier molecular flexibility index (Phi) is 3.77. The molecule has 4 nitrogen and oxygen atoms in total. The van der Waals surface area contributed by atoms with E-state index in [4.69, 9.17) is 5.73 Å². The van der Waals surface area contributed by atoms with Gasteiger partial charge in [0, 0.05) is 12.2 Å². The average molecular weight is 322 g/mol. The predicted molar refractivity (Wildman–Crippen MR) is 85.8 cm³/mol. The smallest absolute Gasteiger partial charge is 0.243 e. The van der Waals surface area contributed by atoms with E-state index in [1.54, 1.807) is 33.8 Å². The minimum Gasteiger partial charge on any atom is -0.399 e. The number of thiophene rings is 1. The molecule has 0 amide bonds. The van der Waals surface area contributed by atoms with Crippen LogP contribution in [0.1, 0.15) is 30.0 Å². The molecule has 112 valence electrons. The van der Waals surface area contributed by atoms with E-state index in [9.17, 15) is 8.42 Å². The lowest BCUT2D eigenvalue weighted by molar-refractivity contribution is 0.397. The zero-order valence-electron chi connectivity index (χ0n) is 11.8. The van der Waals surface area contributed by atoms with Crippen LogP contribution in [0.15, 0.2) is 39.9 Å². The van der Waals surface area contributed by atoms with Gasteiger partial charge in [-0.15, -0.1) is 0 Å². The number of anilines is 1. The molecule has 2 aromatic rings. The van der Waals surface area contributed by atoms with Gasteiger partial charge in [-0.2, -0.15) is 15.6 Å². The molecule has 2 heterocycles. The Bertz CT molecular complexity index is 739. The minimum atomic E-state index is -3.47. The second kappa shape index (κ2) is 5.44. The summed E-state index contributed by atoms with van der Waals surface area (Å²) in [5.41, 5.74) is 8.28. The highest BCUT2D eigenvalue weighted by Gasteiger charge is 2.36. The quantitative estimate of drug-likeness (QED) is 0.883. The summed E-state index contributed by atoms with van der Waals surface area (Å²) in [6.07, 6.45) is 1.78. The molecule has 0 spiro atoms. The summed E-state index contributed by atoms with van der Waals surface area (Å²) in [6.45, 7) is 2.40. The van der Waals surface area contributed by atoms with Crippen molar-refractivity contribution in [1.29, 1.82) is 0 Å². The van der Waals surface area contributed by atoms with E-state index in [-0.39, 0.29) is 6.04 Å². The lowest BCUT2D eigenvalue weighted by Crippen LogP contribution is -2.30. The van der Waals surface area contributed by atoms with Crippen LogP contribution in [0.3, 0.4) is 0 Å². The number of rotatable bonds is 3. The number of hydrogen-bond donors (Lipinski definition) is 1. The first-order valence-corrected chi connectivity index (χ1v) is 9.28.